The van der Waals surface area contributed by atoms with Crippen molar-refractivity contribution in [3.05, 3.63) is 47.8 Å². The van der Waals surface area contributed by atoms with Gasteiger partial charge in [-0.05, 0) is 30.7 Å². The number of carbonyl (C=O) groups excluding carboxylic acids is 1. The predicted molar refractivity (Wildman–Crippen MR) is 77.6 cm³/mol. The number of thioether (sulfide) groups is 1. The first-order valence-electron chi connectivity index (χ1n) is 6.23. The second-order valence-electron chi connectivity index (χ2n) is 4.44. The average molecular weight is 327 g/mol. The van der Waals surface area contributed by atoms with Gasteiger partial charge in [0.15, 0.2) is 0 Å². The van der Waals surface area contributed by atoms with Crippen molar-refractivity contribution in [2.75, 3.05) is 11.1 Å². The zero-order chi connectivity index (χ0) is 16.2. The molecule has 4 nitrogen and oxygen atoms in total. The summed E-state index contributed by atoms with van der Waals surface area (Å²) in [6.45, 7) is 1.88. The first-order valence-corrected chi connectivity index (χ1v) is 7.22. The van der Waals surface area contributed by atoms with Gasteiger partial charge >= 0.3 is 6.18 Å². The van der Waals surface area contributed by atoms with Gasteiger partial charge in [-0.25, -0.2) is 9.97 Å². The molecule has 1 amide bonds. The van der Waals surface area contributed by atoms with Crippen LogP contribution in [0.5, 0.6) is 0 Å². The van der Waals surface area contributed by atoms with E-state index in [9.17, 15) is 18.0 Å². The normalized spacial score (nSPS) is 11.3. The average Bonchev–Trinajstić information content (AvgIpc) is 2.47. The quantitative estimate of drug-likeness (QED) is 0.873. The van der Waals surface area contributed by atoms with Crippen LogP contribution in [0.15, 0.2) is 41.7 Å². The summed E-state index contributed by atoms with van der Waals surface area (Å²) in [4.78, 5) is 19.4. The third-order valence-corrected chi connectivity index (χ3v) is 3.54. The Kier molecular flexibility index (Phi) is 5.02. The molecule has 0 atom stereocenters. The molecule has 0 aliphatic carbocycles. The van der Waals surface area contributed by atoms with Crippen LogP contribution < -0.4 is 5.32 Å². The fourth-order valence-corrected chi connectivity index (χ4v) is 2.14. The van der Waals surface area contributed by atoms with Crippen LogP contribution in [0.25, 0.3) is 0 Å². The van der Waals surface area contributed by atoms with Crippen LogP contribution in [-0.4, -0.2) is 21.6 Å². The summed E-state index contributed by atoms with van der Waals surface area (Å²) in [5.41, 5.74) is 0.159. The van der Waals surface area contributed by atoms with E-state index in [0.29, 0.717) is 10.8 Å². The first-order chi connectivity index (χ1) is 10.3. The van der Waals surface area contributed by atoms with Gasteiger partial charge in [0.25, 0.3) is 0 Å². The first kappa shape index (κ1) is 16.3. The Morgan fingerprint density at radius 3 is 2.50 bits per heavy atom. The molecule has 0 saturated carbocycles. The van der Waals surface area contributed by atoms with E-state index < -0.39 is 11.7 Å². The van der Waals surface area contributed by atoms with Crippen LogP contribution in [0, 0.1) is 6.92 Å². The molecule has 8 heteroatoms. The second kappa shape index (κ2) is 6.78. The number of nitrogens with zero attached hydrogens (tertiary/aromatic N) is 2. The highest BCUT2D eigenvalue weighted by Crippen LogP contribution is 2.29. The fraction of sp³-hybridized carbons (Fsp3) is 0.214. The molecular formula is C14H12F3N3OS. The van der Waals surface area contributed by atoms with E-state index in [-0.39, 0.29) is 11.7 Å². The fourth-order valence-electron chi connectivity index (χ4n) is 1.49. The van der Waals surface area contributed by atoms with E-state index in [0.717, 1.165) is 29.6 Å². The highest BCUT2D eigenvalue weighted by Gasteiger charge is 2.30. The number of aromatic nitrogens is 2. The number of pyridine rings is 2. The van der Waals surface area contributed by atoms with Gasteiger partial charge in [-0.15, -0.1) is 0 Å². The molecule has 1 N–H and O–H groups in total. The third-order valence-electron chi connectivity index (χ3n) is 2.59. The van der Waals surface area contributed by atoms with E-state index in [1.54, 1.807) is 12.3 Å². The molecule has 116 valence electrons. The Morgan fingerprint density at radius 1 is 1.18 bits per heavy atom. The Balaban J connectivity index is 1.87. The molecule has 0 unspecified atom stereocenters. The van der Waals surface area contributed by atoms with Gasteiger partial charge < -0.3 is 5.32 Å². The van der Waals surface area contributed by atoms with Gasteiger partial charge in [-0.2, -0.15) is 13.2 Å². The summed E-state index contributed by atoms with van der Waals surface area (Å²) in [6.07, 6.45) is -2.04. The number of aryl methyl sites for hydroxylation is 1. The topological polar surface area (TPSA) is 54.9 Å². The van der Waals surface area contributed by atoms with Crippen LogP contribution in [-0.2, 0) is 11.0 Å². The number of carbonyl (C=O) groups is 1. The molecule has 2 aromatic rings. The number of anilines is 1. The Bertz CT molecular complexity index is 642. The van der Waals surface area contributed by atoms with Crippen molar-refractivity contribution < 1.29 is 18.0 Å². The van der Waals surface area contributed by atoms with Crippen molar-refractivity contribution in [1.29, 1.82) is 0 Å². The van der Waals surface area contributed by atoms with Crippen molar-refractivity contribution in [2.45, 2.75) is 18.1 Å². The number of hydrogen-bond donors (Lipinski definition) is 1. The molecule has 0 spiro atoms. The number of nitrogens with one attached hydrogen (secondary N) is 1. The molecule has 0 radical (unpaired) electrons. The zero-order valence-corrected chi connectivity index (χ0v) is 12.3. The maximum absolute atomic E-state index is 12.4. The zero-order valence-electron chi connectivity index (χ0n) is 11.5. The minimum absolute atomic E-state index is 0.0356. The second-order valence-corrected chi connectivity index (χ2v) is 5.44. The molecule has 2 aromatic heterocycles. The lowest BCUT2D eigenvalue weighted by Crippen LogP contribution is -2.15. The number of halogens is 3. The van der Waals surface area contributed by atoms with Crippen molar-refractivity contribution in [1.82, 2.24) is 9.97 Å². The summed E-state index contributed by atoms with van der Waals surface area (Å²) < 4.78 is 37.2. The Labute approximate surface area is 129 Å². The van der Waals surface area contributed by atoms with E-state index in [4.69, 9.17) is 0 Å². The summed E-state index contributed by atoms with van der Waals surface area (Å²) in [7, 11) is 0. The minimum Gasteiger partial charge on any atom is -0.310 e. The standard InChI is InChI=1S/C14H12F3N3OS/c1-9-2-4-11(18-6-9)20-12(21)8-22-13-5-3-10(7-19-13)14(15,16)17/h2-7H,8H2,1H3,(H,18,20,21). The van der Waals surface area contributed by atoms with Crippen molar-refractivity contribution >= 4 is 23.5 Å². The smallest absolute Gasteiger partial charge is 0.310 e. The van der Waals surface area contributed by atoms with Gasteiger partial charge in [0, 0.05) is 12.4 Å². The maximum atomic E-state index is 12.4. The molecule has 22 heavy (non-hydrogen) atoms. The SMILES string of the molecule is Cc1ccc(NC(=O)CSc2ccc(C(F)(F)F)cn2)nc1. The Hall–Kier alpha value is -2.09. The van der Waals surface area contributed by atoms with Crippen LogP contribution in [0.4, 0.5) is 19.0 Å². The monoisotopic (exact) mass is 327 g/mol. The van der Waals surface area contributed by atoms with Crippen molar-refractivity contribution in [3.63, 3.8) is 0 Å². The molecular weight excluding hydrogens is 315 g/mol. The van der Waals surface area contributed by atoms with E-state index in [2.05, 4.69) is 15.3 Å². The maximum Gasteiger partial charge on any atom is 0.417 e. The predicted octanol–water partition coefficient (Wildman–Crippen LogP) is 3.53. The van der Waals surface area contributed by atoms with Gasteiger partial charge in [0.05, 0.1) is 16.3 Å². The lowest BCUT2D eigenvalue weighted by atomic mass is 10.3. The molecule has 0 aromatic carbocycles. The minimum atomic E-state index is -4.41. The van der Waals surface area contributed by atoms with Gasteiger partial charge in [0.1, 0.15) is 5.82 Å². The number of rotatable bonds is 4. The molecule has 2 rings (SSSR count). The van der Waals surface area contributed by atoms with Crippen LogP contribution in [0.3, 0.4) is 0 Å². The van der Waals surface area contributed by atoms with Crippen molar-refractivity contribution in [3.8, 4) is 0 Å². The van der Waals surface area contributed by atoms with Gasteiger partial charge in [-0.3, -0.25) is 4.79 Å². The lowest BCUT2D eigenvalue weighted by Gasteiger charge is -2.07. The molecule has 0 saturated heterocycles. The van der Waals surface area contributed by atoms with E-state index in [1.807, 2.05) is 13.0 Å². The van der Waals surface area contributed by atoms with Crippen LogP contribution >= 0.6 is 11.8 Å². The van der Waals surface area contributed by atoms with Crippen LogP contribution in [0.2, 0.25) is 0 Å². The summed E-state index contributed by atoms with van der Waals surface area (Å²) in [5, 5.41) is 2.94. The number of amides is 1. The summed E-state index contributed by atoms with van der Waals surface area (Å²) in [5.74, 6) is 0.160. The summed E-state index contributed by atoms with van der Waals surface area (Å²) in [6, 6.07) is 5.67. The van der Waals surface area contributed by atoms with E-state index >= 15 is 0 Å². The van der Waals surface area contributed by atoms with Gasteiger partial charge in [-0.1, -0.05) is 17.8 Å². The number of alkyl halides is 3. The molecule has 2 heterocycles. The number of hydrogen-bond acceptors (Lipinski definition) is 4. The third kappa shape index (κ3) is 4.73. The van der Waals surface area contributed by atoms with Crippen LogP contribution in [0.1, 0.15) is 11.1 Å². The lowest BCUT2D eigenvalue weighted by molar-refractivity contribution is -0.137. The molecule has 0 bridgehead atoms. The Morgan fingerprint density at radius 2 is 1.95 bits per heavy atom. The van der Waals surface area contributed by atoms with Crippen molar-refractivity contribution in [2.24, 2.45) is 0 Å². The summed E-state index contributed by atoms with van der Waals surface area (Å²) >= 11 is 1.05. The molecule has 0 aliphatic heterocycles. The van der Waals surface area contributed by atoms with Gasteiger partial charge in [0.2, 0.25) is 5.91 Å². The molecule has 0 fully saturated rings. The van der Waals surface area contributed by atoms with E-state index in [1.165, 1.54) is 6.07 Å². The highest BCUT2D eigenvalue weighted by atomic mass is 32.2. The largest absolute Gasteiger partial charge is 0.417 e. The molecule has 0 aliphatic rings. The highest BCUT2D eigenvalue weighted by molar-refractivity contribution is 7.99.